The molecule has 0 heterocycles. The van der Waals surface area contributed by atoms with Gasteiger partial charge in [0.25, 0.3) is 0 Å². The Bertz CT molecular complexity index is 1200. The fraction of sp³-hybridized carbons (Fsp3) is 0.120. The number of rotatable bonds is 5. The van der Waals surface area contributed by atoms with Crippen LogP contribution in [0.4, 0.5) is 5.69 Å². The minimum Gasteiger partial charge on any atom is -0.422 e. The molecule has 0 saturated carbocycles. The SMILES string of the molecule is Cc1cccc(C(=O)Oc2ccccc2C=NNC(=O)C(=O)Nc2ccc(C)c(C)c2)c1. The smallest absolute Gasteiger partial charge is 0.343 e. The maximum absolute atomic E-state index is 12.4. The number of ether oxygens (including phenoxy) is 1. The molecule has 7 heteroatoms. The maximum Gasteiger partial charge on any atom is 0.343 e. The standard InChI is InChI=1S/C25H23N3O4/c1-16-7-6-9-19(13-16)25(31)32-22-10-5-4-8-20(22)15-26-28-24(30)23(29)27-21-12-11-17(2)18(3)14-21/h4-15H,1-3H3,(H,27,29)(H,28,30). The van der Waals surface area contributed by atoms with Crippen molar-refractivity contribution in [3.63, 3.8) is 0 Å². The van der Waals surface area contributed by atoms with Crippen molar-refractivity contribution in [1.29, 1.82) is 0 Å². The Morgan fingerprint density at radius 3 is 2.38 bits per heavy atom. The van der Waals surface area contributed by atoms with Crippen LogP contribution >= 0.6 is 0 Å². The van der Waals surface area contributed by atoms with Crippen LogP contribution in [0.5, 0.6) is 5.75 Å². The van der Waals surface area contributed by atoms with Gasteiger partial charge >= 0.3 is 17.8 Å². The van der Waals surface area contributed by atoms with Crippen molar-refractivity contribution in [3.8, 4) is 5.75 Å². The van der Waals surface area contributed by atoms with Gasteiger partial charge in [-0.2, -0.15) is 5.10 Å². The fourth-order valence-electron chi connectivity index (χ4n) is 2.83. The van der Waals surface area contributed by atoms with Crippen molar-refractivity contribution in [2.45, 2.75) is 20.8 Å². The third-order valence-electron chi connectivity index (χ3n) is 4.72. The van der Waals surface area contributed by atoms with Gasteiger partial charge in [-0.1, -0.05) is 35.9 Å². The molecule has 0 radical (unpaired) electrons. The summed E-state index contributed by atoms with van der Waals surface area (Å²) < 4.78 is 5.47. The molecule has 0 atom stereocenters. The number of esters is 1. The molecule has 0 fully saturated rings. The Labute approximate surface area is 186 Å². The minimum absolute atomic E-state index is 0.275. The Morgan fingerprint density at radius 1 is 0.844 bits per heavy atom. The predicted molar refractivity (Wildman–Crippen MR) is 123 cm³/mol. The zero-order valence-corrected chi connectivity index (χ0v) is 18.0. The number of hydrazone groups is 1. The molecule has 0 bridgehead atoms. The summed E-state index contributed by atoms with van der Waals surface area (Å²) in [5.41, 5.74) is 6.60. The number of carbonyl (C=O) groups excluding carboxylic acids is 3. The van der Waals surface area contributed by atoms with Crippen LogP contribution in [0, 0.1) is 20.8 Å². The molecule has 3 aromatic carbocycles. The molecule has 0 saturated heterocycles. The Morgan fingerprint density at radius 2 is 1.62 bits per heavy atom. The summed E-state index contributed by atoms with van der Waals surface area (Å²) in [4.78, 5) is 36.5. The summed E-state index contributed by atoms with van der Waals surface area (Å²) in [6, 6.07) is 19.1. The third kappa shape index (κ3) is 5.89. The van der Waals surface area contributed by atoms with E-state index in [2.05, 4.69) is 15.8 Å². The summed E-state index contributed by atoms with van der Waals surface area (Å²) in [7, 11) is 0. The number of hydrogen-bond donors (Lipinski definition) is 2. The normalized spacial score (nSPS) is 10.6. The Kier molecular flexibility index (Phi) is 7.13. The van der Waals surface area contributed by atoms with E-state index in [9.17, 15) is 14.4 Å². The van der Waals surface area contributed by atoms with E-state index < -0.39 is 17.8 Å². The molecule has 0 aliphatic heterocycles. The summed E-state index contributed by atoms with van der Waals surface area (Å²) in [5.74, 6) is -2.00. The molecule has 0 unspecified atom stereocenters. The van der Waals surface area contributed by atoms with Gasteiger partial charge in [-0.3, -0.25) is 9.59 Å². The predicted octanol–water partition coefficient (Wildman–Crippen LogP) is 3.92. The van der Waals surface area contributed by atoms with Crippen LogP contribution in [-0.4, -0.2) is 24.0 Å². The van der Waals surface area contributed by atoms with E-state index >= 15 is 0 Å². The van der Waals surface area contributed by atoms with Gasteiger partial charge in [0, 0.05) is 11.3 Å². The number of anilines is 1. The third-order valence-corrected chi connectivity index (χ3v) is 4.72. The van der Waals surface area contributed by atoms with Crippen molar-refractivity contribution in [3.05, 3.63) is 94.5 Å². The summed E-state index contributed by atoms with van der Waals surface area (Å²) in [6.07, 6.45) is 1.31. The van der Waals surface area contributed by atoms with E-state index in [1.165, 1.54) is 6.21 Å². The van der Waals surface area contributed by atoms with Crippen LogP contribution in [0.3, 0.4) is 0 Å². The second kappa shape index (κ2) is 10.2. The molecule has 0 aliphatic rings. The van der Waals surface area contributed by atoms with E-state index in [1.54, 1.807) is 54.6 Å². The largest absolute Gasteiger partial charge is 0.422 e. The molecular weight excluding hydrogens is 406 g/mol. The topological polar surface area (TPSA) is 96.9 Å². The van der Waals surface area contributed by atoms with Gasteiger partial charge in [-0.15, -0.1) is 0 Å². The highest BCUT2D eigenvalue weighted by molar-refractivity contribution is 6.39. The zero-order valence-electron chi connectivity index (χ0n) is 18.0. The van der Waals surface area contributed by atoms with Gasteiger partial charge in [0.05, 0.1) is 11.8 Å². The lowest BCUT2D eigenvalue weighted by atomic mass is 10.1. The van der Waals surface area contributed by atoms with E-state index in [0.717, 1.165) is 16.7 Å². The van der Waals surface area contributed by atoms with Crippen molar-refractivity contribution in [2.24, 2.45) is 5.10 Å². The van der Waals surface area contributed by atoms with Crippen LogP contribution in [0.25, 0.3) is 0 Å². The Hall–Kier alpha value is -4.26. The lowest BCUT2D eigenvalue weighted by molar-refractivity contribution is -0.136. The summed E-state index contributed by atoms with van der Waals surface area (Å²) >= 11 is 0. The van der Waals surface area contributed by atoms with Gasteiger partial charge in [-0.25, -0.2) is 10.2 Å². The first-order valence-corrected chi connectivity index (χ1v) is 9.93. The Balaban J connectivity index is 1.62. The summed E-state index contributed by atoms with van der Waals surface area (Å²) in [6.45, 7) is 5.76. The number of para-hydroxylation sites is 1. The fourth-order valence-corrected chi connectivity index (χ4v) is 2.83. The quantitative estimate of drug-likeness (QED) is 0.211. The first-order valence-electron chi connectivity index (χ1n) is 9.93. The molecule has 3 aromatic rings. The number of amides is 2. The summed E-state index contributed by atoms with van der Waals surface area (Å²) in [5, 5.41) is 6.34. The molecule has 7 nitrogen and oxygen atoms in total. The van der Waals surface area contributed by atoms with E-state index in [-0.39, 0.29) is 5.75 Å². The van der Waals surface area contributed by atoms with Crippen LogP contribution in [-0.2, 0) is 9.59 Å². The number of nitrogens with one attached hydrogen (secondary N) is 2. The van der Waals surface area contributed by atoms with E-state index in [4.69, 9.17) is 4.74 Å². The van der Waals surface area contributed by atoms with Gasteiger partial charge < -0.3 is 10.1 Å². The molecule has 3 rings (SSSR count). The number of benzene rings is 3. The average molecular weight is 429 g/mol. The van der Waals surface area contributed by atoms with Crippen molar-refractivity contribution in [2.75, 3.05) is 5.32 Å². The highest BCUT2D eigenvalue weighted by atomic mass is 16.5. The molecule has 32 heavy (non-hydrogen) atoms. The maximum atomic E-state index is 12.4. The highest BCUT2D eigenvalue weighted by Crippen LogP contribution is 2.18. The number of aryl methyl sites for hydroxylation is 3. The van der Waals surface area contributed by atoms with E-state index in [0.29, 0.717) is 16.8 Å². The van der Waals surface area contributed by atoms with E-state index in [1.807, 2.05) is 32.9 Å². The number of carbonyl (C=O) groups is 3. The number of nitrogens with zero attached hydrogens (tertiary/aromatic N) is 1. The molecule has 0 aliphatic carbocycles. The van der Waals surface area contributed by atoms with Gasteiger partial charge in [0.2, 0.25) is 0 Å². The highest BCUT2D eigenvalue weighted by Gasteiger charge is 2.14. The van der Waals surface area contributed by atoms with Gasteiger partial charge in [0.15, 0.2) is 0 Å². The van der Waals surface area contributed by atoms with Crippen LogP contribution < -0.4 is 15.5 Å². The molecule has 2 amide bonds. The first-order chi connectivity index (χ1) is 15.3. The van der Waals surface area contributed by atoms with Crippen LogP contribution in [0.2, 0.25) is 0 Å². The average Bonchev–Trinajstić information content (AvgIpc) is 2.77. The van der Waals surface area contributed by atoms with Crippen LogP contribution in [0.15, 0.2) is 71.8 Å². The monoisotopic (exact) mass is 429 g/mol. The number of hydrogen-bond acceptors (Lipinski definition) is 5. The zero-order chi connectivity index (χ0) is 23.1. The minimum atomic E-state index is -0.922. The van der Waals surface area contributed by atoms with Gasteiger partial charge in [0.1, 0.15) is 5.75 Å². The molecule has 0 aromatic heterocycles. The molecule has 0 spiro atoms. The molecule has 2 N–H and O–H groups in total. The van der Waals surface area contributed by atoms with Crippen LogP contribution in [0.1, 0.15) is 32.6 Å². The van der Waals surface area contributed by atoms with Crippen molar-refractivity contribution >= 4 is 29.7 Å². The second-order valence-electron chi connectivity index (χ2n) is 7.25. The lowest BCUT2D eigenvalue weighted by Crippen LogP contribution is -2.32. The van der Waals surface area contributed by atoms with Crippen molar-refractivity contribution in [1.82, 2.24) is 5.43 Å². The van der Waals surface area contributed by atoms with Gasteiger partial charge in [-0.05, 0) is 68.3 Å². The molecule has 162 valence electrons. The lowest BCUT2D eigenvalue weighted by Gasteiger charge is -2.08. The molecular formula is C25H23N3O4. The first kappa shape index (κ1) is 22.4. The van der Waals surface area contributed by atoms with Crippen molar-refractivity contribution < 1.29 is 19.1 Å². The second-order valence-corrected chi connectivity index (χ2v) is 7.25.